The number of imide groups is 1. The molecule has 1 aromatic carbocycles. The maximum absolute atomic E-state index is 12.6. The van der Waals surface area contributed by atoms with Gasteiger partial charge >= 0.3 is 0 Å². The Labute approximate surface area is 156 Å². The number of allylic oxidation sites excluding steroid dienone is 2. The lowest BCUT2D eigenvalue weighted by Crippen LogP contribution is -2.28. The maximum atomic E-state index is 12.6. The molecule has 6 nitrogen and oxygen atoms in total. The molecule has 7 heteroatoms. The lowest BCUT2D eigenvalue weighted by molar-refractivity contribution is -0.140. The predicted octanol–water partition coefficient (Wildman–Crippen LogP) is 2.89. The lowest BCUT2D eigenvalue weighted by Gasteiger charge is -2.13. The maximum Gasteiger partial charge on any atom is 0.254 e. The minimum Gasteiger partial charge on any atom is -0.491 e. The fourth-order valence-electron chi connectivity index (χ4n) is 4.25. The van der Waals surface area contributed by atoms with Gasteiger partial charge in [0.05, 0.1) is 36.8 Å². The molecule has 2 amide bonds. The van der Waals surface area contributed by atoms with Crippen molar-refractivity contribution in [3.8, 4) is 11.5 Å². The Balaban J connectivity index is 1.59. The van der Waals surface area contributed by atoms with E-state index >= 15 is 0 Å². The standard InChI is InChI=1S/C19H19ClN2O4/c1-3-26-14-7-10(6-13(20)17(14)25-2)9-21-22-18(23)15-11-4-5-12(8-11)16(15)19(22)24/h4-7,9,11-12,15-16H,3,8H2,1-2H3/t11-,12-,15-,16+/m0/s1. The number of ether oxygens (including phenoxy) is 2. The Kier molecular flexibility index (Phi) is 4.23. The first-order chi connectivity index (χ1) is 12.5. The molecule has 1 heterocycles. The van der Waals surface area contributed by atoms with Gasteiger partial charge in [0.25, 0.3) is 11.8 Å². The van der Waals surface area contributed by atoms with Crippen LogP contribution in [0.4, 0.5) is 0 Å². The molecule has 0 N–H and O–H groups in total. The van der Waals surface area contributed by atoms with Gasteiger partial charge < -0.3 is 9.47 Å². The second-order valence-electron chi connectivity index (χ2n) is 6.70. The van der Waals surface area contributed by atoms with E-state index in [0.717, 1.165) is 11.4 Å². The number of hydrogen-bond donors (Lipinski definition) is 0. The van der Waals surface area contributed by atoms with Crippen LogP contribution in [0.3, 0.4) is 0 Å². The summed E-state index contributed by atoms with van der Waals surface area (Å²) < 4.78 is 10.8. The molecule has 4 atom stereocenters. The Morgan fingerprint density at radius 3 is 2.46 bits per heavy atom. The molecule has 1 aromatic rings. The van der Waals surface area contributed by atoms with Crippen molar-refractivity contribution in [1.29, 1.82) is 0 Å². The average molecular weight is 375 g/mol. The molecule has 2 bridgehead atoms. The molecular formula is C19H19ClN2O4. The highest BCUT2D eigenvalue weighted by atomic mass is 35.5. The highest BCUT2D eigenvalue weighted by Crippen LogP contribution is 2.52. The number of carbonyl (C=O) groups is 2. The summed E-state index contributed by atoms with van der Waals surface area (Å²) in [5.41, 5.74) is 0.623. The third-order valence-corrected chi connectivity index (χ3v) is 5.59. The first-order valence-electron chi connectivity index (χ1n) is 8.65. The minimum atomic E-state index is -0.256. The topological polar surface area (TPSA) is 68.2 Å². The van der Waals surface area contributed by atoms with E-state index in [-0.39, 0.29) is 35.5 Å². The number of carbonyl (C=O) groups excluding carboxylic acids is 2. The largest absolute Gasteiger partial charge is 0.491 e. The van der Waals surface area contributed by atoms with E-state index in [9.17, 15) is 9.59 Å². The van der Waals surface area contributed by atoms with Gasteiger partial charge in [-0.25, -0.2) is 0 Å². The van der Waals surface area contributed by atoms with Gasteiger partial charge in [0.15, 0.2) is 11.5 Å². The van der Waals surface area contributed by atoms with Crippen molar-refractivity contribution in [2.75, 3.05) is 13.7 Å². The molecule has 0 spiro atoms. The molecule has 3 aliphatic rings. The van der Waals surface area contributed by atoms with E-state index in [1.54, 1.807) is 12.1 Å². The fourth-order valence-corrected chi connectivity index (χ4v) is 4.54. The molecule has 136 valence electrons. The summed E-state index contributed by atoms with van der Waals surface area (Å²) in [5.74, 6) is 0.332. The summed E-state index contributed by atoms with van der Waals surface area (Å²) in [6.45, 7) is 2.31. The van der Waals surface area contributed by atoms with E-state index in [1.807, 2.05) is 6.92 Å². The summed E-state index contributed by atoms with van der Waals surface area (Å²) >= 11 is 6.23. The number of amides is 2. The van der Waals surface area contributed by atoms with Crippen molar-refractivity contribution in [2.45, 2.75) is 13.3 Å². The van der Waals surface area contributed by atoms with Crippen LogP contribution in [0.5, 0.6) is 11.5 Å². The Morgan fingerprint density at radius 1 is 1.23 bits per heavy atom. The van der Waals surface area contributed by atoms with Crippen LogP contribution in [0.2, 0.25) is 5.02 Å². The second-order valence-corrected chi connectivity index (χ2v) is 7.11. The molecule has 26 heavy (non-hydrogen) atoms. The van der Waals surface area contributed by atoms with Crippen LogP contribution in [-0.4, -0.2) is 36.8 Å². The van der Waals surface area contributed by atoms with E-state index in [2.05, 4.69) is 17.3 Å². The van der Waals surface area contributed by atoms with Crippen LogP contribution in [-0.2, 0) is 9.59 Å². The van der Waals surface area contributed by atoms with Crippen molar-refractivity contribution in [2.24, 2.45) is 28.8 Å². The third kappa shape index (κ3) is 2.51. The highest BCUT2D eigenvalue weighted by Gasteiger charge is 2.59. The van der Waals surface area contributed by atoms with Gasteiger partial charge in [-0.3, -0.25) is 9.59 Å². The van der Waals surface area contributed by atoms with E-state index in [0.29, 0.717) is 28.7 Å². The Morgan fingerprint density at radius 2 is 1.88 bits per heavy atom. The van der Waals surface area contributed by atoms with Gasteiger partial charge in [0.1, 0.15) is 0 Å². The van der Waals surface area contributed by atoms with Gasteiger partial charge in [-0.2, -0.15) is 10.1 Å². The number of fused-ring (bicyclic) bond motifs is 5. The minimum absolute atomic E-state index is 0.168. The molecule has 0 aromatic heterocycles. The van der Waals surface area contributed by atoms with Gasteiger partial charge in [0.2, 0.25) is 0 Å². The van der Waals surface area contributed by atoms with E-state index in [1.165, 1.54) is 13.3 Å². The van der Waals surface area contributed by atoms with Crippen molar-refractivity contribution in [3.05, 3.63) is 34.9 Å². The van der Waals surface area contributed by atoms with Crippen LogP contribution >= 0.6 is 11.6 Å². The van der Waals surface area contributed by atoms with Crippen molar-refractivity contribution in [3.63, 3.8) is 0 Å². The number of hydrogen-bond acceptors (Lipinski definition) is 5. The molecule has 0 unspecified atom stereocenters. The lowest BCUT2D eigenvalue weighted by atomic mass is 9.85. The smallest absolute Gasteiger partial charge is 0.254 e. The monoisotopic (exact) mass is 374 g/mol. The summed E-state index contributed by atoms with van der Waals surface area (Å²) in [6.07, 6.45) is 6.47. The van der Waals surface area contributed by atoms with Crippen LogP contribution in [0, 0.1) is 23.7 Å². The fraction of sp³-hybridized carbons (Fsp3) is 0.421. The predicted molar refractivity (Wildman–Crippen MR) is 96.3 cm³/mol. The van der Waals surface area contributed by atoms with Gasteiger partial charge in [-0.05, 0) is 42.9 Å². The van der Waals surface area contributed by atoms with E-state index in [4.69, 9.17) is 21.1 Å². The first-order valence-corrected chi connectivity index (χ1v) is 9.03. The van der Waals surface area contributed by atoms with Crippen LogP contribution in [0.25, 0.3) is 0 Å². The number of hydrazone groups is 1. The highest BCUT2D eigenvalue weighted by molar-refractivity contribution is 6.32. The normalized spacial score (nSPS) is 29.1. The Hall–Kier alpha value is -2.34. The average Bonchev–Trinajstić information content (AvgIpc) is 3.28. The molecular weight excluding hydrogens is 356 g/mol. The van der Waals surface area contributed by atoms with Crippen LogP contribution in [0.1, 0.15) is 18.9 Å². The zero-order chi connectivity index (χ0) is 18.4. The molecule has 2 aliphatic carbocycles. The number of nitrogens with zero attached hydrogens (tertiary/aromatic N) is 2. The molecule has 1 saturated heterocycles. The SMILES string of the molecule is CCOc1cc(C=NN2C(=O)[C@@H]3[C@H](C2=O)[C@H]2C=C[C@H]3C2)cc(Cl)c1OC. The quantitative estimate of drug-likeness (QED) is 0.451. The number of halogens is 1. The molecule has 0 radical (unpaired) electrons. The van der Waals surface area contributed by atoms with Crippen LogP contribution in [0.15, 0.2) is 29.4 Å². The zero-order valence-corrected chi connectivity index (χ0v) is 15.3. The Bertz CT molecular complexity index is 805. The molecule has 1 aliphatic heterocycles. The van der Waals surface area contributed by atoms with E-state index < -0.39 is 0 Å². The number of rotatable bonds is 5. The van der Waals surface area contributed by atoms with Crippen LogP contribution < -0.4 is 9.47 Å². The van der Waals surface area contributed by atoms with Crippen molar-refractivity contribution < 1.29 is 19.1 Å². The van der Waals surface area contributed by atoms with Crippen molar-refractivity contribution >= 4 is 29.6 Å². The summed E-state index contributed by atoms with van der Waals surface area (Å²) in [6, 6.07) is 3.37. The van der Waals surface area contributed by atoms with Gasteiger partial charge in [-0.1, -0.05) is 23.8 Å². The second kappa shape index (κ2) is 6.43. The number of benzene rings is 1. The summed E-state index contributed by atoms with van der Waals surface area (Å²) in [4.78, 5) is 25.3. The summed E-state index contributed by atoms with van der Waals surface area (Å²) in [5, 5.41) is 5.55. The zero-order valence-electron chi connectivity index (χ0n) is 14.5. The van der Waals surface area contributed by atoms with Gasteiger partial charge in [-0.15, -0.1) is 0 Å². The number of methoxy groups -OCH3 is 1. The molecule has 2 fully saturated rings. The molecule has 1 saturated carbocycles. The molecule has 4 rings (SSSR count). The summed E-state index contributed by atoms with van der Waals surface area (Å²) in [7, 11) is 1.51. The van der Waals surface area contributed by atoms with Crippen molar-refractivity contribution in [1.82, 2.24) is 5.01 Å². The first kappa shape index (κ1) is 17.1. The van der Waals surface area contributed by atoms with Gasteiger partial charge in [0, 0.05) is 0 Å². The third-order valence-electron chi connectivity index (χ3n) is 5.31.